The summed E-state index contributed by atoms with van der Waals surface area (Å²) < 4.78 is 12.9. The molecule has 2 N–H and O–H groups in total. The number of rotatable bonds is 6. The van der Waals surface area contributed by atoms with E-state index >= 15 is 0 Å². The van der Waals surface area contributed by atoms with Crippen LogP contribution in [-0.2, 0) is 11.3 Å². The first kappa shape index (κ1) is 17.5. The van der Waals surface area contributed by atoms with Crippen LogP contribution in [0.1, 0.15) is 12.5 Å². The van der Waals surface area contributed by atoms with Gasteiger partial charge in [0.1, 0.15) is 12.4 Å². The number of quaternary nitrogens is 1. The fraction of sp³-hybridized carbons (Fsp3) is 0.278. The predicted octanol–water partition coefficient (Wildman–Crippen LogP) is 2.59. The molecular formula is C18H22FN2OS+. The fourth-order valence-electron chi connectivity index (χ4n) is 2.23. The molecule has 2 aromatic carbocycles. The van der Waals surface area contributed by atoms with Crippen LogP contribution in [0.3, 0.4) is 0 Å². The number of nitrogens with one attached hydrogen (secondary N) is 2. The van der Waals surface area contributed by atoms with Crippen LogP contribution in [0.25, 0.3) is 0 Å². The highest BCUT2D eigenvalue weighted by atomic mass is 32.2. The molecule has 0 bridgehead atoms. The predicted molar refractivity (Wildman–Crippen MR) is 93.3 cm³/mol. The first-order valence-electron chi connectivity index (χ1n) is 7.51. The Labute approximate surface area is 140 Å². The second-order valence-electron chi connectivity index (χ2n) is 5.59. The lowest BCUT2D eigenvalue weighted by molar-refractivity contribution is -0.907. The summed E-state index contributed by atoms with van der Waals surface area (Å²) in [5.41, 5.74) is 1.81. The van der Waals surface area contributed by atoms with E-state index in [1.54, 1.807) is 23.9 Å². The number of hydrogen-bond donors (Lipinski definition) is 2. The zero-order valence-electron chi connectivity index (χ0n) is 13.6. The quantitative estimate of drug-likeness (QED) is 0.797. The zero-order chi connectivity index (χ0) is 16.8. The van der Waals surface area contributed by atoms with Gasteiger partial charge in [-0.3, -0.25) is 4.79 Å². The number of carbonyl (C=O) groups is 1. The zero-order valence-corrected chi connectivity index (χ0v) is 14.4. The molecule has 0 heterocycles. The number of benzene rings is 2. The Morgan fingerprint density at radius 2 is 1.78 bits per heavy atom. The molecule has 1 amide bonds. The van der Waals surface area contributed by atoms with Gasteiger partial charge in [-0.05, 0) is 49.6 Å². The molecule has 0 aliphatic rings. The first-order valence-corrected chi connectivity index (χ1v) is 8.73. The largest absolute Gasteiger partial charge is 0.324 e. The average molecular weight is 333 g/mol. The molecule has 122 valence electrons. The Hall–Kier alpha value is -1.85. The number of carbonyl (C=O) groups excluding carboxylic acids is 1. The van der Waals surface area contributed by atoms with Crippen molar-refractivity contribution in [1.82, 2.24) is 0 Å². The minimum atomic E-state index is -0.313. The Bertz CT molecular complexity index is 643. The lowest BCUT2D eigenvalue weighted by atomic mass is 10.2. The Morgan fingerprint density at radius 3 is 2.35 bits per heavy atom. The van der Waals surface area contributed by atoms with Crippen molar-refractivity contribution in [3.05, 3.63) is 59.9 Å². The van der Waals surface area contributed by atoms with Gasteiger partial charge in [0.2, 0.25) is 0 Å². The van der Waals surface area contributed by atoms with E-state index < -0.39 is 0 Å². The van der Waals surface area contributed by atoms with Gasteiger partial charge in [-0.2, -0.15) is 0 Å². The van der Waals surface area contributed by atoms with Gasteiger partial charge in [-0.1, -0.05) is 12.1 Å². The third kappa shape index (κ3) is 5.08. The number of likely N-dealkylation sites (N-methyl/N-ethyl adjacent to an activating group) is 1. The van der Waals surface area contributed by atoms with Crippen LogP contribution >= 0.6 is 11.8 Å². The molecule has 2 rings (SSSR count). The van der Waals surface area contributed by atoms with E-state index in [2.05, 4.69) is 29.6 Å². The average Bonchev–Trinajstić information content (AvgIpc) is 2.56. The van der Waals surface area contributed by atoms with E-state index in [1.807, 2.05) is 20.2 Å². The molecule has 5 heteroatoms. The summed E-state index contributed by atoms with van der Waals surface area (Å²) in [5.74, 6) is -0.387. The smallest absolute Gasteiger partial charge is 0.282 e. The molecule has 0 aromatic heterocycles. The topological polar surface area (TPSA) is 33.5 Å². The van der Waals surface area contributed by atoms with Crippen molar-refractivity contribution in [2.45, 2.75) is 24.4 Å². The van der Waals surface area contributed by atoms with E-state index in [0.29, 0.717) is 5.69 Å². The van der Waals surface area contributed by atoms with Crippen LogP contribution in [-0.4, -0.2) is 25.3 Å². The maximum absolute atomic E-state index is 12.9. The van der Waals surface area contributed by atoms with Gasteiger partial charge in [-0.25, -0.2) is 4.39 Å². The molecule has 3 nitrogen and oxygen atoms in total. The fourth-order valence-corrected chi connectivity index (χ4v) is 2.63. The van der Waals surface area contributed by atoms with Crippen molar-refractivity contribution in [1.29, 1.82) is 0 Å². The second-order valence-corrected chi connectivity index (χ2v) is 6.47. The molecule has 0 radical (unpaired) electrons. The number of amides is 1. The molecule has 0 spiro atoms. The minimum absolute atomic E-state index is 0.0742. The summed E-state index contributed by atoms with van der Waals surface area (Å²) in [5, 5.41) is 2.82. The van der Waals surface area contributed by atoms with Gasteiger partial charge in [0, 0.05) is 16.1 Å². The van der Waals surface area contributed by atoms with Gasteiger partial charge in [-0.15, -0.1) is 11.8 Å². The minimum Gasteiger partial charge on any atom is -0.324 e. The van der Waals surface area contributed by atoms with Crippen molar-refractivity contribution in [2.24, 2.45) is 0 Å². The van der Waals surface area contributed by atoms with E-state index in [4.69, 9.17) is 0 Å². The third-order valence-corrected chi connectivity index (χ3v) is 4.63. The van der Waals surface area contributed by atoms with Crippen LogP contribution in [0.4, 0.5) is 10.1 Å². The van der Waals surface area contributed by atoms with Gasteiger partial charge in [0.15, 0.2) is 6.04 Å². The van der Waals surface area contributed by atoms with Crippen LogP contribution in [0.15, 0.2) is 53.4 Å². The van der Waals surface area contributed by atoms with Gasteiger partial charge in [0.25, 0.3) is 5.91 Å². The highest BCUT2D eigenvalue weighted by Crippen LogP contribution is 2.14. The summed E-state index contributed by atoms with van der Waals surface area (Å²) in [6, 6.07) is 14.0. The molecule has 0 fully saturated rings. The first-order chi connectivity index (χ1) is 11.0. The number of halogens is 1. The Morgan fingerprint density at radius 1 is 1.17 bits per heavy atom. The van der Waals surface area contributed by atoms with Gasteiger partial charge >= 0.3 is 0 Å². The highest BCUT2D eigenvalue weighted by molar-refractivity contribution is 7.98. The van der Waals surface area contributed by atoms with Crippen LogP contribution in [0.5, 0.6) is 0 Å². The lowest BCUT2D eigenvalue weighted by Gasteiger charge is -2.21. The summed E-state index contributed by atoms with van der Waals surface area (Å²) in [6.45, 7) is 2.66. The van der Waals surface area contributed by atoms with Crippen molar-refractivity contribution >= 4 is 23.4 Å². The number of thioether (sulfide) groups is 1. The third-order valence-electron chi connectivity index (χ3n) is 3.89. The molecule has 0 aliphatic carbocycles. The Kier molecular flexibility index (Phi) is 6.19. The molecule has 2 aromatic rings. The van der Waals surface area contributed by atoms with Crippen molar-refractivity contribution in [3.63, 3.8) is 0 Å². The Balaban J connectivity index is 1.93. The molecule has 23 heavy (non-hydrogen) atoms. The van der Waals surface area contributed by atoms with Crippen molar-refractivity contribution in [3.8, 4) is 0 Å². The molecule has 0 saturated heterocycles. The van der Waals surface area contributed by atoms with Crippen molar-refractivity contribution < 1.29 is 14.1 Å². The summed E-state index contributed by atoms with van der Waals surface area (Å²) in [6.07, 6.45) is 2.05. The SMILES string of the molecule is CSc1ccc(C[NH+](C)[C@H](C)C(=O)Nc2ccc(F)cc2)cc1. The normalized spacial score (nSPS) is 13.4. The number of hydrogen-bond acceptors (Lipinski definition) is 2. The number of anilines is 1. The summed E-state index contributed by atoms with van der Waals surface area (Å²) in [7, 11) is 2.00. The van der Waals surface area contributed by atoms with Crippen molar-refractivity contribution in [2.75, 3.05) is 18.6 Å². The second kappa shape index (κ2) is 8.13. The monoisotopic (exact) mass is 333 g/mol. The summed E-state index contributed by atoms with van der Waals surface area (Å²) in [4.78, 5) is 14.6. The maximum atomic E-state index is 12.9. The molecule has 1 unspecified atom stereocenters. The molecule has 2 atom stereocenters. The molecule has 0 saturated carbocycles. The van der Waals surface area contributed by atoms with Gasteiger partial charge in [0.05, 0.1) is 7.05 Å². The van der Waals surface area contributed by atoms with Crippen LogP contribution < -0.4 is 10.2 Å². The van der Waals surface area contributed by atoms with E-state index in [9.17, 15) is 9.18 Å². The van der Waals surface area contributed by atoms with E-state index in [0.717, 1.165) is 11.4 Å². The standard InChI is InChI=1S/C18H21FN2OS/c1-13(18(22)20-16-8-6-15(19)7-9-16)21(2)12-14-4-10-17(23-3)11-5-14/h4-11,13H,12H2,1-3H3,(H,20,22)/p+1/t13-/m1/s1. The van der Waals surface area contributed by atoms with E-state index in [-0.39, 0.29) is 17.8 Å². The van der Waals surface area contributed by atoms with Crippen LogP contribution in [0.2, 0.25) is 0 Å². The molecular weight excluding hydrogens is 311 g/mol. The van der Waals surface area contributed by atoms with Gasteiger partial charge < -0.3 is 10.2 Å². The van der Waals surface area contributed by atoms with Crippen LogP contribution in [0, 0.1) is 5.82 Å². The maximum Gasteiger partial charge on any atom is 0.282 e. The highest BCUT2D eigenvalue weighted by Gasteiger charge is 2.22. The van der Waals surface area contributed by atoms with E-state index in [1.165, 1.54) is 22.6 Å². The molecule has 0 aliphatic heterocycles. The summed E-state index contributed by atoms with van der Waals surface area (Å²) >= 11 is 1.71. The lowest BCUT2D eigenvalue weighted by Crippen LogP contribution is -3.12.